The van der Waals surface area contributed by atoms with Crippen molar-refractivity contribution in [1.82, 2.24) is 15.2 Å². The quantitative estimate of drug-likeness (QED) is 0.831. The number of sulfone groups is 1. The molecule has 0 atom stereocenters. The first-order chi connectivity index (χ1) is 7.55. The van der Waals surface area contributed by atoms with E-state index >= 15 is 0 Å². The van der Waals surface area contributed by atoms with Gasteiger partial charge in [0.15, 0.2) is 9.84 Å². The highest BCUT2D eigenvalue weighted by Gasteiger charge is 2.07. The van der Waals surface area contributed by atoms with Gasteiger partial charge < -0.3 is 5.32 Å². The van der Waals surface area contributed by atoms with E-state index in [0.717, 1.165) is 0 Å². The molecule has 0 saturated carbocycles. The molecule has 16 heavy (non-hydrogen) atoms. The number of benzene rings is 1. The number of anilines is 2. The van der Waals surface area contributed by atoms with Crippen molar-refractivity contribution in [3.63, 3.8) is 0 Å². The Morgan fingerprint density at radius 1 is 1.38 bits per heavy atom. The number of aromatic amines is 1. The number of hydrogen-bond donors (Lipinski definition) is 2. The van der Waals surface area contributed by atoms with Crippen LogP contribution in [0.15, 0.2) is 35.5 Å². The summed E-state index contributed by atoms with van der Waals surface area (Å²) in [7, 11) is -3.19. The lowest BCUT2D eigenvalue weighted by Crippen LogP contribution is -1.99. The van der Waals surface area contributed by atoms with E-state index < -0.39 is 9.84 Å². The van der Waals surface area contributed by atoms with Crippen molar-refractivity contribution in [1.29, 1.82) is 0 Å². The van der Waals surface area contributed by atoms with Crippen LogP contribution in [0.25, 0.3) is 0 Å². The lowest BCUT2D eigenvalue weighted by molar-refractivity contribution is 0.602. The largest absolute Gasteiger partial charge is 0.325 e. The van der Waals surface area contributed by atoms with Crippen LogP contribution >= 0.6 is 0 Å². The molecule has 2 aromatic rings. The molecule has 0 aliphatic heterocycles. The number of nitrogens with one attached hydrogen (secondary N) is 2. The summed E-state index contributed by atoms with van der Waals surface area (Å²) in [5.74, 6) is 0.464. The molecule has 0 aliphatic carbocycles. The molecule has 0 aliphatic rings. The number of nitrogens with zero attached hydrogens (tertiary/aromatic N) is 2. The van der Waals surface area contributed by atoms with E-state index in [9.17, 15) is 8.42 Å². The van der Waals surface area contributed by atoms with Gasteiger partial charge in [-0.1, -0.05) is 6.07 Å². The molecule has 0 fully saturated rings. The van der Waals surface area contributed by atoms with Gasteiger partial charge in [-0.2, -0.15) is 10.1 Å². The van der Waals surface area contributed by atoms with E-state index in [0.29, 0.717) is 11.6 Å². The molecule has 0 saturated heterocycles. The van der Waals surface area contributed by atoms with Crippen LogP contribution in [0.1, 0.15) is 0 Å². The predicted octanol–water partition coefficient (Wildman–Crippen LogP) is 0.952. The van der Waals surface area contributed by atoms with Gasteiger partial charge in [-0.15, -0.1) is 0 Å². The second-order valence-corrected chi connectivity index (χ2v) is 5.27. The summed E-state index contributed by atoms with van der Waals surface area (Å²) in [5.41, 5.74) is 0.639. The molecule has 84 valence electrons. The maximum atomic E-state index is 11.3. The Morgan fingerprint density at radius 3 is 2.81 bits per heavy atom. The molecule has 0 unspecified atom stereocenters. The van der Waals surface area contributed by atoms with Crippen LogP contribution in [0, 0.1) is 0 Å². The third-order valence-corrected chi connectivity index (χ3v) is 3.05. The van der Waals surface area contributed by atoms with E-state index in [4.69, 9.17) is 0 Å². The van der Waals surface area contributed by atoms with E-state index in [1.807, 2.05) is 0 Å². The van der Waals surface area contributed by atoms with Crippen molar-refractivity contribution in [2.24, 2.45) is 0 Å². The standard InChI is InChI=1S/C9H10N4O2S/c1-16(14,15)8-4-2-3-7(5-8)12-9-10-6-11-13-9/h2-6H,1H3,(H2,10,11,12,13). The second kappa shape index (κ2) is 3.93. The number of rotatable bonds is 3. The lowest BCUT2D eigenvalue weighted by Gasteiger charge is -2.04. The molecule has 1 aromatic heterocycles. The van der Waals surface area contributed by atoms with Gasteiger partial charge in [0.2, 0.25) is 5.95 Å². The molecular weight excluding hydrogens is 228 g/mol. The van der Waals surface area contributed by atoms with E-state index in [2.05, 4.69) is 20.5 Å². The Kier molecular flexibility index (Phi) is 2.61. The van der Waals surface area contributed by atoms with Crippen molar-refractivity contribution in [2.75, 3.05) is 11.6 Å². The van der Waals surface area contributed by atoms with Gasteiger partial charge in [-0.05, 0) is 18.2 Å². The fourth-order valence-corrected chi connectivity index (χ4v) is 1.87. The van der Waals surface area contributed by atoms with Crippen molar-refractivity contribution in [2.45, 2.75) is 4.90 Å². The fourth-order valence-electron chi connectivity index (χ4n) is 1.21. The zero-order valence-corrected chi connectivity index (χ0v) is 9.32. The van der Waals surface area contributed by atoms with Gasteiger partial charge >= 0.3 is 0 Å². The fraction of sp³-hybridized carbons (Fsp3) is 0.111. The predicted molar refractivity (Wildman–Crippen MR) is 59.2 cm³/mol. The minimum absolute atomic E-state index is 0.261. The van der Waals surface area contributed by atoms with Gasteiger partial charge in [0.25, 0.3) is 0 Å². The van der Waals surface area contributed by atoms with Crippen LogP contribution in [-0.2, 0) is 9.84 Å². The summed E-state index contributed by atoms with van der Waals surface area (Å²) >= 11 is 0. The van der Waals surface area contributed by atoms with Gasteiger partial charge in [0.1, 0.15) is 6.33 Å². The molecule has 7 heteroatoms. The summed E-state index contributed by atoms with van der Waals surface area (Å²) in [6.07, 6.45) is 2.53. The summed E-state index contributed by atoms with van der Waals surface area (Å²) in [6.45, 7) is 0. The number of aromatic nitrogens is 3. The van der Waals surface area contributed by atoms with Crippen LogP contribution in [0.5, 0.6) is 0 Å². The van der Waals surface area contributed by atoms with Crippen LogP contribution in [0.3, 0.4) is 0 Å². The Morgan fingerprint density at radius 2 is 2.19 bits per heavy atom. The van der Waals surface area contributed by atoms with Gasteiger partial charge in [0, 0.05) is 11.9 Å². The smallest absolute Gasteiger partial charge is 0.222 e. The van der Waals surface area contributed by atoms with Gasteiger partial charge in [-0.25, -0.2) is 13.5 Å². The normalized spacial score (nSPS) is 11.3. The lowest BCUT2D eigenvalue weighted by atomic mass is 10.3. The van der Waals surface area contributed by atoms with Crippen molar-refractivity contribution in [3.8, 4) is 0 Å². The third-order valence-electron chi connectivity index (χ3n) is 1.94. The molecular formula is C9H10N4O2S. The van der Waals surface area contributed by atoms with Crippen LogP contribution in [0.2, 0.25) is 0 Å². The average Bonchev–Trinajstić information content (AvgIpc) is 2.70. The molecule has 2 N–H and O–H groups in total. The third kappa shape index (κ3) is 2.37. The molecule has 0 bridgehead atoms. The van der Waals surface area contributed by atoms with E-state index in [1.165, 1.54) is 18.6 Å². The Bertz CT molecular complexity index is 577. The highest BCUT2D eigenvalue weighted by molar-refractivity contribution is 7.90. The Labute approximate surface area is 92.6 Å². The van der Waals surface area contributed by atoms with Gasteiger partial charge in [0.05, 0.1) is 4.90 Å². The zero-order chi connectivity index (χ0) is 11.6. The van der Waals surface area contributed by atoms with Crippen LogP contribution in [-0.4, -0.2) is 29.9 Å². The molecule has 0 radical (unpaired) electrons. The monoisotopic (exact) mass is 238 g/mol. The Balaban J connectivity index is 2.30. The zero-order valence-electron chi connectivity index (χ0n) is 8.51. The minimum atomic E-state index is -3.19. The molecule has 1 heterocycles. The van der Waals surface area contributed by atoms with Crippen molar-refractivity contribution < 1.29 is 8.42 Å². The van der Waals surface area contributed by atoms with E-state index in [1.54, 1.807) is 18.2 Å². The second-order valence-electron chi connectivity index (χ2n) is 3.26. The molecule has 0 spiro atoms. The highest BCUT2D eigenvalue weighted by atomic mass is 32.2. The molecule has 6 nitrogen and oxygen atoms in total. The van der Waals surface area contributed by atoms with E-state index in [-0.39, 0.29) is 4.90 Å². The first-order valence-corrected chi connectivity index (χ1v) is 6.37. The van der Waals surface area contributed by atoms with Gasteiger partial charge in [-0.3, -0.25) is 0 Å². The summed E-state index contributed by atoms with van der Waals surface area (Å²) in [4.78, 5) is 4.14. The topological polar surface area (TPSA) is 87.7 Å². The maximum Gasteiger partial charge on any atom is 0.222 e. The molecule has 2 rings (SSSR count). The first kappa shape index (κ1) is 10.6. The molecule has 0 amide bonds. The average molecular weight is 238 g/mol. The van der Waals surface area contributed by atoms with Crippen molar-refractivity contribution in [3.05, 3.63) is 30.6 Å². The highest BCUT2D eigenvalue weighted by Crippen LogP contribution is 2.17. The van der Waals surface area contributed by atoms with Crippen LogP contribution in [0.4, 0.5) is 11.6 Å². The van der Waals surface area contributed by atoms with Crippen LogP contribution < -0.4 is 5.32 Å². The summed E-state index contributed by atoms with van der Waals surface area (Å²) in [6, 6.07) is 6.49. The first-order valence-electron chi connectivity index (χ1n) is 4.48. The summed E-state index contributed by atoms with van der Waals surface area (Å²) in [5, 5.41) is 9.20. The number of H-pyrrole nitrogens is 1. The minimum Gasteiger partial charge on any atom is -0.325 e. The number of hydrogen-bond acceptors (Lipinski definition) is 5. The molecule has 1 aromatic carbocycles. The SMILES string of the molecule is CS(=O)(=O)c1cccc(Nc2ncn[nH]2)c1. The maximum absolute atomic E-state index is 11.3. The van der Waals surface area contributed by atoms with Crippen molar-refractivity contribution >= 4 is 21.5 Å². The Hall–Kier alpha value is -1.89. The summed E-state index contributed by atoms with van der Waals surface area (Å²) < 4.78 is 22.6.